The summed E-state index contributed by atoms with van der Waals surface area (Å²) < 4.78 is 11.6. The number of rotatable bonds is 6. The molecule has 1 amide bonds. The zero-order valence-corrected chi connectivity index (χ0v) is 16.3. The van der Waals surface area contributed by atoms with Crippen molar-refractivity contribution in [1.29, 1.82) is 0 Å². The van der Waals surface area contributed by atoms with Crippen LogP contribution in [0.1, 0.15) is 28.1 Å². The molecule has 0 unspecified atom stereocenters. The van der Waals surface area contributed by atoms with E-state index in [1.807, 2.05) is 54.6 Å². The molecule has 7 heteroatoms. The molecule has 1 N–H and O–H groups in total. The van der Waals surface area contributed by atoms with E-state index in [2.05, 4.69) is 31.4 Å². The Hall–Kier alpha value is -3.19. The fraction of sp³-hybridized carbons (Fsp3) is 0.0952. The van der Waals surface area contributed by atoms with Crippen LogP contribution in [0.25, 0.3) is 11.4 Å². The zero-order chi connectivity index (χ0) is 19.3. The molecular weight excluding hydrogens is 422 g/mol. The van der Waals surface area contributed by atoms with Crippen LogP contribution in [-0.2, 0) is 6.42 Å². The van der Waals surface area contributed by atoms with E-state index in [4.69, 9.17) is 8.94 Å². The second-order valence-corrected chi connectivity index (χ2v) is 7.07. The first-order chi connectivity index (χ1) is 13.7. The van der Waals surface area contributed by atoms with Gasteiger partial charge in [0.2, 0.25) is 11.7 Å². The zero-order valence-electron chi connectivity index (χ0n) is 14.7. The molecule has 0 aliphatic carbocycles. The Morgan fingerprint density at radius 2 is 1.82 bits per heavy atom. The Kier molecular flexibility index (Phi) is 5.34. The summed E-state index contributed by atoms with van der Waals surface area (Å²) in [5.41, 5.74) is 1.87. The molecule has 0 aliphatic heterocycles. The third-order valence-electron chi connectivity index (χ3n) is 4.18. The molecule has 2 heterocycles. The molecule has 0 saturated heterocycles. The van der Waals surface area contributed by atoms with Crippen LogP contribution in [0.15, 0.2) is 86.4 Å². The van der Waals surface area contributed by atoms with Crippen molar-refractivity contribution in [3.8, 4) is 11.4 Å². The summed E-state index contributed by atoms with van der Waals surface area (Å²) in [5.74, 6) is 0.689. The van der Waals surface area contributed by atoms with Crippen LogP contribution in [0.3, 0.4) is 0 Å². The van der Waals surface area contributed by atoms with E-state index >= 15 is 0 Å². The summed E-state index contributed by atoms with van der Waals surface area (Å²) in [7, 11) is 0. The van der Waals surface area contributed by atoms with Crippen LogP contribution in [0, 0.1) is 0 Å². The Balaban J connectivity index is 1.61. The summed E-state index contributed by atoms with van der Waals surface area (Å²) >= 11 is 3.41. The Bertz CT molecular complexity index is 1040. The summed E-state index contributed by atoms with van der Waals surface area (Å²) in [6, 6.07) is 20.2. The number of hydrogen-bond donors (Lipinski definition) is 1. The smallest absolute Gasteiger partial charge is 0.287 e. The molecule has 0 fully saturated rings. The Labute approximate surface area is 169 Å². The molecule has 0 spiro atoms. The number of amides is 1. The van der Waals surface area contributed by atoms with Gasteiger partial charge < -0.3 is 14.3 Å². The summed E-state index contributed by atoms with van der Waals surface area (Å²) in [6.07, 6.45) is 1.97. The second-order valence-electron chi connectivity index (χ2n) is 6.16. The van der Waals surface area contributed by atoms with E-state index in [0.29, 0.717) is 18.1 Å². The predicted molar refractivity (Wildman–Crippen MR) is 106 cm³/mol. The lowest BCUT2D eigenvalue weighted by molar-refractivity contribution is 0.0900. The van der Waals surface area contributed by atoms with Crippen molar-refractivity contribution in [2.24, 2.45) is 0 Å². The molecule has 28 heavy (non-hydrogen) atoms. The number of nitrogens with one attached hydrogen (secondary N) is 1. The molecule has 140 valence electrons. The van der Waals surface area contributed by atoms with Gasteiger partial charge in [-0.1, -0.05) is 51.4 Å². The van der Waals surface area contributed by atoms with E-state index in [9.17, 15) is 4.79 Å². The molecule has 1 atom stereocenters. The van der Waals surface area contributed by atoms with Gasteiger partial charge in [-0.25, -0.2) is 0 Å². The van der Waals surface area contributed by atoms with Crippen molar-refractivity contribution < 1.29 is 13.7 Å². The second kappa shape index (κ2) is 8.22. The van der Waals surface area contributed by atoms with Gasteiger partial charge in [-0.3, -0.25) is 4.79 Å². The van der Waals surface area contributed by atoms with Crippen molar-refractivity contribution in [2.45, 2.75) is 12.5 Å². The lowest BCUT2D eigenvalue weighted by Gasteiger charge is -2.14. The number of carbonyl (C=O) groups is 1. The molecule has 2 aromatic heterocycles. The van der Waals surface area contributed by atoms with Crippen molar-refractivity contribution in [3.63, 3.8) is 0 Å². The molecular formula is C21H16BrN3O3. The van der Waals surface area contributed by atoms with Crippen LogP contribution in [0.5, 0.6) is 0 Å². The van der Waals surface area contributed by atoms with Crippen LogP contribution in [0.4, 0.5) is 0 Å². The predicted octanol–water partition coefficient (Wildman–Crippen LogP) is 4.81. The number of nitrogens with zero attached hydrogens (tertiary/aromatic N) is 2. The first kappa shape index (κ1) is 18.2. The van der Waals surface area contributed by atoms with Crippen LogP contribution < -0.4 is 5.32 Å². The highest BCUT2D eigenvalue weighted by atomic mass is 79.9. The van der Waals surface area contributed by atoms with Crippen LogP contribution in [0.2, 0.25) is 0 Å². The van der Waals surface area contributed by atoms with Crippen LogP contribution >= 0.6 is 15.9 Å². The lowest BCUT2D eigenvalue weighted by atomic mass is 10.1. The summed E-state index contributed by atoms with van der Waals surface area (Å²) in [6.45, 7) is 0. The first-order valence-corrected chi connectivity index (χ1v) is 9.46. The molecule has 2 aromatic carbocycles. The van der Waals surface area contributed by atoms with Gasteiger partial charge in [-0.05, 0) is 42.0 Å². The minimum Gasteiger partial charge on any atom is -0.459 e. The average Bonchev–Trinajstić information content (AvgIpc) is 3.41. The third kappa shape index (κ3) is 4.20. The molecule has 0 aliphatic rings. The third-order valence-corrected chi connectivity index (χ3v) is 4.70. The normalized spacial score (nSPS) is 11.9. The molecule has 4 rings (SSSR count). The van der Waals surface area contributed by atoms with Gasteiger partial charge in [-0.2, -0.15) is 4.98 Å². The molecule has 0 radical (unpaired) electrons. The number of furan rings is 1. The maximum absolute atomic E-state index is 12.5. The van der Waals surface area contributed by atoms with E-state index < -0.39 is 6.04 Å². The van der Waals surface area contributed by atoms with E-state index in [0.717, 1.165) is 15.6 Å². The SMILES string of the molecule is O=C(N[C@@H](Cc1ccccc1)c1nc(-c2ccc(Br)cc2)no1)c1ccco1. The van der Waals surface area contributed by atoms with Crippen LogP contribution in [-0.4, -0.2) is 16.0 Å². The standard InChI is InChI=1S/C21H16BrN3O3/c22-16-10-8-15(9-11-16)19-24-21(28-25-19)17(13-14-5-2-1-3-6-14)23-20(26)18-7-4-12-27-18/h1-12,17H,13H2,(H,23,26)/t17-/m0/s1. The Morgan fingerprint density at radius 3 is 2.54 bits per heavy atom. The van der Waals surface area contributed by atoms with E-state index in [-0.39, 0.29) is 11.7 Å². The van der Waals surface area contributed by atoms with Gasteiger partial charge in [0, 0.05) is 16.5 Å². The number of halogens is 1. The summed E-state index contributed by atoms with van der Waals surface area (Å²) in [4.78, 5) is 17.0. The van der Waals surface area contributed by atoms with Gasteiger partial charge in [0.05, 0.1) is 6.26 Å². The van der Waals surface area contributed by atoms with Crippen molar-refractivity contribution >= 4 is 21.8 Å². The van der Waals surface area contributed by atoms with Gasteiger partial charge in [-0.15, -0.1) is 0 Å². The number of hydrogen-bond acceptors (Lipinski definition) is 5. The van der Waals surface area contributed by atoms with Crippen molar-refractivity contribution in [2.75, 3.05) is 0 Å². The largest absolute Gasteiger partial charge is 0.459 e. The maximum atomic E-state index is 12.5. The number of benzene rings is 2. The number of aromatic nitrogens is 2. The fourth-order valence-corrected chi connectivity index (χ4v) is 3.04. The first-order valence-electron chi connectivity index (χ1n) is 8.67. The lowest BCUT2D eigenvalue weighted by Crippen LogP contribution is -2.30. The van der Waals surface area contributed by atoms with Crippen molar-refractivity contribution in [1.82, 2.24) is 15.5 Å². The highest BCUT2D eigenvalue weighted by Gasteiger charge is 2.24. The maximum Gasteiger partial charge on any atom is 0.287 e. The van der Waals surface area contributed by atoms with Gasteiger partial charge in [0.1, 0.15) is 6.04 Å². The minimum absolute atomic E-state index is 0.228. The van der Waals surface area contributed by atoms with E-state index in [1.165, 1.54) is 6.26 Å². The minimum atomic E-state index is -0.489. The quantitative estimate of drug-likeness (QED) is 0.468. The fourth-order valence-electron chi connectivity index (χ4n) is 2.78. The highest BCUT2D eigenvalue weighted by Crippen LogP contribution is 2.23. The van der Waals surface area contributed by atoms with Gasteiger partial charge >= 0.3 is 0 Å². The Morgan fingerprint density at radius 1 is 1.04 bits per heavy atom. The molecule has 4 aromatic rings. The van der Waals surface area contributed by atoms with Gasteiger partial charge in [0.25, 0.3) is 5.91 Å². The highest BCUT2D eigenvalue weighted by molar-refractivity contribution is 9.10. The number of carbonyl (C=O) groups excluding carboxylic acids is 1. The molecule has 0 saturated carbocycles. The van der Waals surface area contributed by atoms with Gasteiger partial charge in [0.15, 0.2) is 5.76 Å². The monoisotopic (exact) mass is 437 g/mol. The average molecular weight is 438 g/mol. The summed E-state index contributed by atoms with van der Waals surface area (Å²) in [5, 5.41) is 6.99. The van der Waals surface area contributed by atoms with Crippen molar-refractivity contribution in [3.05, 3.63) is 94.7 Å². The molecule has 6 nitrogen and oxygen atoms in total. The topological polar surface area (TPSA) is 81.2 Å². The van der Waals surface area contributed by atoms with E-state index in [1.54, 1.807) is 12.1 Å². The molecule has 0 bridgehead atoms.